The van der Waals surface area contributed by atoms with Gasteiger partial charge in [-0.3, -0.25) is 0 Å². The zero-order valence-electron chi connectivity index (χ0n) is 12.8. The molecule has 1 saturated carbocycles. The number of halogens is 1. The number of hydrogen-bond donors (Lipinski definition) is 0. The van der Waals surface area contributed by atoms with E-state index in [1.165, 1.54) is 42.4 Å². The smallest absolute Gasteiger partial charge is 0.0888 e. The minimum Gasteiger partial charge on any atom is -0.242 e. The molecule has 0 N–H and O–H groups in total. The second-order valence-corrected chi connectivity index (χ2v) is 6.52. The van der Waals surface area contributed by atoms with E-state index in [1.807, 2.05) is 30.5 Å². The topological polar surface area (TPSA) is 30.7 Å². The Bertz CT molecular complexity index is 784. The maximum absolute atomic E-state index is 5.95. The molecule has 0 atom stereocenters. The van der Waals surface area contributed by atoms with Gasteiger partial charge in [0.15, 0.2) is 0 Å². The fourth-order valence-electron chi connectivity index (χ4n) is 3.34. The van der Waals surface area contributed by atoms with Crippen molar-refractivity contribution in [3.05, 3.63) is 59.8 Å². The summed E-state index contributed by atoms with van der Waals surface area (Å²) in [7, 11) is 0. The third-order valence-electron chi connectivity index (χ3n) is 4.60. The first-order chi connectivity index (χ1) is 11.3. The van der Waals surface area contributed by atoms with E-state index in [2.05, 4.69) is 39.3 Å². The molecular weight excluding hydrogens is 306 g/mol. The van der Waals surface area contributed by atoms with Crippen LogP contribution in [0.1, 0.15) is 31.7 Å². The minimum atomic E-state index is 0.503. The van der Waals surface area contributed by atoms with Crippen molar-refractivity contribution in [2.24, 2.45) is 0 Å². The van der Waals surface area contributed by atoms with E-state index in [1.54, 1.807) is 0 Å². The zero-order chi connectivity index (χ0) is 15.6. The molecule has 3 nitrogen and oxygen atoms in total. The summed E-state index contributed by atoms with van der Waals surface area (Å²) in [5, 5.41) is 9.21. The van der Waals surface area contributed by atoms with Crippen molar-refractivity contribution in [2.45, 2.75) is 31.7 Å². The lowest BCUT2D eigenvalue weighted by molar-refractivity contribution is 0.458. The van der Waals surface area contributed by atoms with Gasteiger partial charge in [0.2, 0.25) is 0 Å². The zero-order valence-corrected chi connectivity index (χ0v) is 13.6. The van der Waals surface area contributed by atoms with Crippen molar-refractivity contribution in [1.82, 2.24) is 15.0 Å². The first-order valence-corrected chi connectivity index (χ1v) is 8.45. The molecule has 116 valence electrons. The van der Waals surface area contributed by atoms with E-state index in [4.69, 9.17) is 11.6 Å². The molecule has 0 aliphatic heterocycles. The number of benzene rings is 2. The van der Waals surface area contributed by atoms with Crippen LogP contribution >= 0.6 is 11.6 Å². The molecule has 0 radical (unpaired) electrons. The molecule has 23 heavy (non-hydrogen) atoms. The summed E-state index contributed by atoms with van der Waals surface area (Å²) in [5.41, 5.74) is 4.63. The van der Waals surface area contributed by atoms with Gasteiger partial charge in [-0.2, -0.15) is 0 Å². The van der Waals surface area contributed by atoms with Crippen molar-refractivity contribution < 1.29 is 0 Å². The van der Waals surface area contributed by atoms with E-state index >= 15 is 0 Å². The highest BCUT2D eigenvalue weighted by atomic mass is 35.5. The molecule has 1 heterocycles. The van der Waals surface area contributed by atoms with Gasteiger partial charge in [0.25, 0.3) is 0 Å². The molecule has 4 heteroatoms. The van der Waals surface area contributed by atoms with E-state index < -0.39 is 0 Å². The van der Waals surface area contributed by atoms with Gasteiger partial charge in [0, 0.05) is 10.6 Å². The van der Waals surface area contributed by atoms with Crippen LogP contribution in [0.15, 0.2) is 54.7 Å². The Labute approximate surface area is 140 Å². The van der Waals surface area contributed by atoms with Crippen LogP contribution in [0.3, 0.4) is 0 Å². The SMILES string of the molecule is Clc1ccc(-c2ccc(-c3cnnn3C3CCCC3)cc2)cc1. The van der Waals surface area contributed by atoms with Crippen molar-refractivity contribution >= 4 is 11.6 Å². The van der Waals surface area contributed by atoms with Gasteiger partial charge in [0.05, 0.1) is 17.9 Å². The number of aromatic nitrogens is 3. The fraction of sp³-hybridized carbons (Fsp3) is 0.263. The van der Waals surface area contributed by atoms with E-state index in [9.17, 15) is 0 Å². The van der Waals surface area contributed by atoms with Crippen LogP contribution in [0.5, 0.6) is 0 Å². The number of hydrogen-bond acceptors (Lipinski definition) is 2. The van der Waals surface area contributed by atoms with E-state index in [0.29, 0.717) is 6.04 Å². The molecule has 4 rings (SSSR count). The molecule has 1 aliphatic carbocycles. The Hall–Kier alpha value is -2.13. The van der Waals surface area contributed by atoms with Crippen molar-refractivity contribution in [2.75, 3.05) is 0 Å². The lowest BCUT2D eigenvalue weighted by atomic mass is 10.0. The van der Waals surface area contributed by atoms with Crippen LogP contribution < -0.4 is 0 Å². The molecule has 1 fully saturated rings. The normalized spacial score (nSPS) is 15.2. The van der Waals surface area contributed by atoms with Crippen LogP contribution in [-0.2, 0) is 0 Å². The predicted octanol–water partition coefficient (Wildman–Crippen LogP) is 5.38. The third-order valence-corrected chi connectivity index (χ3v) is 4.86. The summed E-state index contributed by atoms with van der Waals surface area (Å²) in [5.74, 6) is 0. The molecule has 0 saturated heterocycles. The number of rotatable bonds is 3. The van der Waals surface area contributed by atoms with Gasteiger partial charge < -0.3 is 0 Å². The van der Waals surface area contributed by atoms with Crippen LogP contribution in [0.25, 0.3) is 22.4 Å². The average molecular weight is 324 g/mol. The monoisotopic (exact) mass is 323 g/mol. The van der Waals surface area contributed by atoms with Crippen LogP contribution in [0.2, 0.25) is 5.02 Å². The minimum absolute atomic E-state index is 0.503. The van der Waals surface area contributed by atoms with Crippen LogP contribution in [0.4, 0.5) is 0 Å². The summed E-state index contributed by atoms with van der Waals surface area (Å²) in [6.07, 6.45) is 6.87. The Balaban J connectivity index is 1.64. The van der Waals surface area contributed by atoms with Gasteiger partial charge in [0.1, 0.15) is 0 Å². The van der Waals surface area contributed by atoms with Crippen molar-refractivity contribution in [3.8, 4) is 22.4 Å². The maximum Gasteiger partial charge on any atom is 0.0888 e. The molecule has 0 unspecified atom stereocenters. The largest absolute Gasteiger partial charge is 0.242 e. The second-order valence-electron chi connectivity index (χ2n) is 6.09. The molecule has 0 amide bonds. The molecule has 1 aromatic heterocycles. The molecule has 2 aromatic carbocycles. The summed E-state index contributed by atoms with van der Waals surface area (Å²) < 4.78 is 2.10. The Morgan fingerprint density at radius 1 is 0.826 bits per heavy atom. The average Bonchev–Trinajstić information content (AvgIpc) is 3.27. The van der Waals surface area contributed by atoms with Gasteiger partial charge >= 0.3 is 0 Å². The summed E-state index contributed by atoms with van der Waals surface area (Å²) in [4.78, 5) is 0. The Morgan fingerprint density at radius 3 is 2.04 bits per heavy atom. The highest BCUT2D eigenvalue weighted by molar-refractivity contribution is 6.30. The van der Waals surface area contributed by atoms with Crippen LogP contribution in [0, 0.1) is 0 Å². The first-order valence-electron chi connectivity index (χ1n) is 8.08. The maximum atomic E-state index is 5.95. The Kier molecular flexibility index (Phi) is 3.88. The van der Waals surface area contributed by atoms with Crippen molar-refractivity contribution in [3.63, 3.8) is 0 Å². The number of nitrogens with zero attached hydrogens (tertiary/aromatic N) is 3. The lowest BCUT2D eigenvalue weighted by Crippen LogP contribution is -2.08. The second kappa shape index (κ2) is 6.17. The van der Waals surface area contributed by atoms with E-state index in [0.717, 1.165) is 10.7 Å². The summed E-state index contributed by atoms with van der Waals surface area (Å²) in [6.45, 7) is 0. The summed E-state index contributed by atoms with van der Waals surface area (Å²) in [6, 6.07) is 17.0. The molecular formula is C19H18ClN3. The predicted molar refractivity (Wildman–Crippen MR) is 93.4 cm³/mol. The standard InChI is InChI=1S/C19H18ClN3/c20-17-11-9-15(10-12-17)14-5-7-16(8-6-14)19-13-21-22-23(19)18-3-1-2-4-18/h5-13,18H,1-4H2. The van der Waals surface area contributed by atoms with Gasteiger partial charge in [-0.1, -0.05) is 66.1 Å². The third kappa shape index (κ3) is 2.89. The summed E-state index contributed by atoms with van der Waals surface area (Å²) >= 11 is 5.95. The van der Waals surface area contributed by atoms with Crippen LogP contribution in [-0.4, -0.2) is 15.0 Å². The van der Waals surface area contributed by atoms with Gasteiger partial charge in [-0.05, 0) is 36.1 Å². The molecule has 0 bridgehead atoms. The molecule has 3 aromatic rings. The fourth-order valence-corrected chi connectivity index (χ4v) is 3.47. The molecule has 0 spiro atoms. The first kappa shape index (κ1) is 14.5. The van der Waals surface area contributed by atoms with Gasteiger partial charge in [-0.25, -0.2) is 4.68 Å². The molecule has 1 aliphatic rings. The van der Waals surface area contributed by atoms with Gasteiger partial charge in [-0.15, -0.1) is 5.10 Å². The van der Waals surface area contributed by atoms with Crippen molar-refractivity contribution in [1.29, 1.82) is 0 Å². The highest BCUT2D eigenvalue weighted by Crippen LogP contribution is 2.33. The quantitative estimate of drug-likeness (QED) is 0.647. The highest BCUT2D eigenvalue weighted by Gasteiger charge is 2.20. The van der Waals surface area contributed by atoms with E-state index in [-0.39, 0.29) is 0 Å². The Morgan fingerprint density at radius 2 is 1.39 bits per heavy atom. The lowest BCUT2D eigenvalue weighted by Gasteiger charge is -2.13.